The van der Waals surface area contributed by atoms with Crippen molar-refractivity contribution in [3.63, 3.8) is 0 Å². The van der Waals surface area contributed by atoms with Crippen LogP contribution in [0, 0.1) is 27.6 Å². The lowest BCUT2D eigenvalue weighted by atomic mass is 10.3. The van der Waals surface area contributed by atoms with Crippen LogP contribution in [0.2, 0.25) is 0 Å². The molecule has 9 nitrogen and oxygen atoms in total. The van der Waals surface area contributed by atoms with Crippen LogP contribution in [0.1, 0.15) is 41.5 Å². The molecule has 0 aromatic heterocycles. The van der Waals surface area contributed by atoms with Gasteiger partial charge in [-0.05, 0) is 108 Å². The van der Waals surface area contributed by atoms with Gasteiger partial charge in [-0.3, -0.25) is 15.0 Å². The molecule has 0 atom stereocenters. The third-order valence-electron chi connectivity index (χ3n) is 4.46. The number of hydrogen-bond acceptors (Lipinski definition) is 8. The highest BCUT2D eigenvalue weighted by atomic mass is 79.9. The fraction of sp³-hybridized carbons (Fsp3) is 0.333. The van der Waals surface area contributed by atoms with Crippen LogP contribution in [-0.2, 0) is 0 Å². The highest BCUT2D eigenvalue weighted by Crippen LogP contribution is 2.33. The van der Waals surface area contributed by atoms with Crippen molar-refractivity contribution >= 4 is 76.6 Å². The van der Waals surface area contributed by atoms with Gasteiger partial charge >= 0.3 is 5.69 Å². The van der Waals surface area contributed by atoms with E-state index in [2.05, 4.69) is 52.6 Å². The fourth-order valence-electron chi connectivity index (χ4n) is 2.84. The van der Waals surface area contributed by atoms with Crippen LogP contribution in [0.3, 0.4) is 0 Å². The predicted octanol–water partition coefficient (Wildman–Crippen LogP) is 10.3. The Balaban J connectivity index is 0.000000610. The highest BCUT2D eigenvalue weighted by molar-refractivity contribution is 9.11. The lowest BCUT2D eigenvalue weighted by Crippen LogP contribution is -2.06. The van der Waals surface area contributed by atoms with E-state index < -0.39 is 28.1 Å². The zero-order chi connectivity index (χ0) is 32.3. The molecule has 0 aliphatic heterocycles. The van der Waals surface area contributed by atoms with E-state index in [1.165, 1.54) is 24.3 Å². The van der Waals surface area contributed by atoms with Crippen LogP contribution in [0.25, 0.3) is 0 Å². The molecule has 240 valence electrons. The molecule has 0 radical (unpaired) electrons. The Bertz CT molecular complexity index is 1370. The summed E-state index contributed by atoms with van der Waals surface area (Å²) in [4.78, 5) is 11.9. The number of hydrogen-bond donors (Lipinski definition) is 3. The normalized spacial score (nSPS) is 10.2. The predicted molar refractivity (Wildman–Crippen MR) is 175 cm³/mol. The first-order valence-corrected chi connectivity index (χ1v) is 15.0. The van der Waals surface area contributed by atoms with Crippen LogP contribution in [0.4, 0.5) is 30.2 Å². The van der Waals surface area contributed by atoms with Crippen LogP contribution in [-0.4, -0.2) is 23.2 Å². The summed E-state index contributed by atoms with van der Waals surface area (Å²) < 4.78 is 56.7. The van der Waals surface area contributed by atoms with Crippen molar-refractivity contribution in [2.24, 2.45) is 0 Å². The van der Waals surface area contributed by atoms with E-state index in [-0.39, 0.29) is 41.6 Å². The molecule has 0 spiro atoms. The summed E-state index contributed by atoms with van der Waals surface area (Å²) >= 11 is 14.8. The van der Waals surface area contributed by atoms with Crippen LogP contribution < -0.4 is 30.9 Å². The van der Waals surface area contributed by atoms with Gasteiger partial charge in [0.25, 0.3) is 0 Å². The summed E-state index contributed by atoms with van der Waals surface area (Å²) in [5, 5.41) is 10.5. The van der Waals surface area contributed by atoms with E-state index in [1.54, 1.807) is 13.8 Å². The Morgan fingerprint density at radius 3 is 1.51 bits per heavy atom. The molecule has 0 aliphatic carbocycles. The molecule has 0 unspecified atom stereocenters. The van der Waals surface area contributed by atoms with Crippen molar-refractivity contribution in [2.75, 3.05) is 10.6 Å². The number of nitrogen functional groups attached to an aromatic ring is 1. The Morgan fingerprint density at radius 1 is 0.744 bits per heavy atom. The lowest BCUT2D eigenvalue weighted by Gasteiger charge is -2.12. The van der Waals surface area contributed by atoms with Crippen molar-refractivity contribution in [2.45, 2.75) is 59.9 Å². The molecule has 6 N–H and O–H groups in total. The number of nitrogens with zero attached hydrogens (tertiary/aromatic N) is 1. The minimum Gasteiger partial charge on any atom is -0.490 e. The molecule has 3 aromatic carbocycles. The number of nitrogens with one attached hydrogen (secondary N) is 1. The number of nitro benzene ring substituents is 1. The topological polar surface area (TPSA) is 144 Å². The van der Waals surface area contributed by atoms with Crippen molar-refractivity contribution in [3.05, 3.63) is 77.4 Å². The van der Waals surface area contributed by atoms with Gasteiger partial charge in [0.1, 0.15) is 28.9 Å². The van der Waals surface area contributed by atoms with Gasteiger partial charge in [0.15, 0.2) is 0 Å². The smallest absolute Gasteiger partial charge is 0.308 e. The first-order chi connectivity index (χ1) is 19.5. The fourth-order valence-corrected chi connectivity index (χ4v) is 4.21. The van der Waals surface area contributed by atoms with Gasteiger partial charge in [-0.25, -0.2) is 8.78 Å². The molecule has 3 aromatic rings. The summed E-state index contributed by atoms with van der Waals surface area (Å²) in [6.45, 7) is 11.1. The second kappa shape index (κ2) is 19.0. The maximum Gasteiger partial charge on any atom is 0.308 e. The SMILES string of the molecule is CC(C)Oc1cc(N)c(F)cc1Br.CC(C)Oc1cc(NCl)c(F)cc1Br.CC(C)Oc1cc([N+](=O)[O-])c(F)cc1Br.N. The minimum absolute atomic E-state index is 0. The molecular weight excluding hydrogens is 792 g/mol. The summed E-state index contributed by atoms with van der Waals surface area (Å²) in [7, 11) is 0. The molecule has 0 aliphatic rings. The van der Waals surface area contributed by atoms with Gasteiger partial charge < -0.3 is 26.1 Å². The molecule has 16 heteroatoms. The van der Waals surface area contributed by atoms with Crippen molar-refractivity contribution in [3.8, 4) is 17.2 Å². The molecule has 0 bridgehead atoms. The van der Waals surface area contributed by atoms with Crippen molar-refractivity contribution in [1.29, 1.82) is 0 Å². The lowest BCUT2D eigenvalue weighted by molar-refractivity contribution is -0.387. The van der Waals surface area contributed by atoms with Crippen LogP contribution >= 0.6 is 59.6 Å². The third kappa shape index (κ3) is 13.8. The second-order valence-electron chi connectivity index (χ2n) is 9.15. The maximum absolute atomic E-state index is 13.1. The average Bonchev–Trinajstić information content (AvgIpc) is 2.85. The quantitative estimate of drug-likeness (QED) is 0.0882. The van der Waals surface area contributed by atoms with E-state index in [0.717, 1.165) is 12.1 Å². The number of anilines is 2. The van der Waals surface area contributed by atoms with Crippen molar-refractivity contribution < 1.29 is 32.3 Å². The second-order valence-corrected chi connectivity index (χ2v) is 11.9. The summed E-state index contributed by atoms with van der Waals surface area (Å²) in [6, 6.07) is 7.68. The largest absolute Gasteiger partial charge is 0.490 e. The van der Waals surface area contributed by atoms with Gasteiger partial charge in [0.2, 0.25) is 5.82 Å². The molecular formula is C27H33Br3ClF3N4O5. The first kappa shape index (κ1) is 40.5. The number of halogens is 7. The summed E-state index contributed by atoms with van der Waals surface area (Å²) in [5.74, 6) is -0.370. The Kier molecular flexibility index (Phi) is 17.9. The van der Waals surface area contributed by atoms with Crippen LogP contribution in [0.15, 0.2) is 49.8 Å². The summed E-state index contributed by atoms with van der Waals surface area (Å²) in [5.41, 5.74) is 5.10. The van der Waals surface area contributed by atoms with Gasteiger partial charge in [-0.1, -0.05) is 0 Å². The monoisotopic (exact) mass is 822 g/mol. The van der Waals surface area contributed by atoms with E-state index in [1.807, 2.05) is 27.7 Å². The number of ether oxygens (including phenoxy) is 3. The first-order valence-electron chi connectivity index (χ1n) is 12.2. The Hall–Kier alpha value is -2.46. The highest BCUT2D eigenvalue weighted by Gasteiger charge is 2.18. The zero-order valence-electron chi connectivity index (χ0n) is 24.1. The van der Waals surface area contributed by atoms with E-state index in [4.69, 9.17) is 31.7 Å². The Labute approximate surface area is 278 Å². The Morgan fingerprint density at radius 2 is 1.12 bits per heavy atom. The standard InChI is InChI=1S/C9H10BrClFNO.C9H9BrFNO3.C9H11BrFNO.H3N/c1-5(2)14-9-4-8(13-11)7(12)3-6(9)10;1-5(2)15-9-4-8(12(13)14)7(11)3-6(9)10;1-5(2)13-9-4-8(12)7(11)3-6(9)10;/h3-5,13H,1-2H3;3-5H,1-2H3;3-5H,12H2,1-2H3;1H3. The van der Waals surface area contributed by atoms with Crippen LogP contribution in [0.5, 0.6) is 17.2 Å². The molecule has 0 saturated heterocycles. The van der Waals surface area contributed by atoms with Gasteiger partial charge in [0.05, 0.1) is 54.1 Å². The molecule has 0 fully saturated rings. The minimum atomic E-state index is -0.886. The number of rotatable bonds is 8. The number of benzene rings is 3. The zero-order valence-corrected chi connectivity index (χ0v) is 29.6. The number of nitrogens with two attached hydrogens (primary N) is 1. The summed E-state index contributed by atoms with van der Waals surface area (Å²) in [6.07, 6.45) is -0.0625. The van der Waals surface area contributed by atoms with E-state index >= 15 is 0 Å². The molecule has 0 heterocycles. The molecule has 0 saturated carbocycles. The molecule has 0 amide bonds. The average molecular weight is 826 g/mol. The molecule has 43 heavy (non-hydrogen) atoms. The maximum atomic E-state index is 13.1. The third-order valence-corrected chi connectivity index (χ3v) is 6.52. The van der Waals surface area contributed by atoms with E-state index in [0.29, 0.717) is 24.9 Å². The van der Waals surface area contributed by atoms with Gasteiger partial charge in [-0.2, -0.15) is 4.39 Å². The van der Waals surface area contributed by atoms with E-state index in [9.17, 15) is 23.3 Å². The molecule has 3 rings (SSSR count). The van der Waals surface area contributed by atoms with Crippen molar-refractivity contribution in [1.82, 2.24) is 6.15 Å². The van der Waals surface area contributed by atoms with Gasteiger partial charge in [0, 0.05) is 23.9 Å². The van der Waals surface area contributed by atoms with Gasteiger partial charge in [-0.15, -0.1) is 0 Å². The number of nitro groups is 1.